The molecule has 0 unspecified atom stereocenters. The first-order chi connectivity index (χ1) is 9.70. The molecule has 4 heteroatoms. The van der Waals surface area contributed by atoms with Gasteiger partial charge in [-0.25, -0.2) is 4.98 Å². The maximum atomic E-state index is 4.52. The van der Waals surface area contributed by atoms with Crippen molar-refractivity contribution in [2.45, 2.75) is 33.1 Å². The first-order valence-corrected chi connectivity index (χ1v) is 7.12. The number of rotatable bonds is 6. The molecule has 0 saturated carbocycles. The Hall–Kier alpha value is -2.10. The highest BCUT2D eigenvalue weighted by molar-refractivity contribution is 5.61. The highest BCUT2D eigenvalue weighted by atomic mass is 15.1. The van der Waals surface area contributed by atoms with Crippen LogP contribution >= 0.6 is 0 Å². The van der Waals surface area contributed by atoms with E-state index in [0.29, 0.717) is 5.92 Å². The fourth-order valence-electron chi connectivity index (χ4n) is 2.02. The van der Waals surface area contributed by atoms with Crippen LogP contribution in [0.4, 0.5) is 17.3 Å². The molecule has 106 valence electrons. The molecule has 4 nitrogen and oxygen atoms in total. The first-order valence-electron chi connectivity index (χ1n) is 7.12. The lowest BCUT2D eigenvalue weighted by molar-refractivity contribution is 0.869. The summed E-state index contributed by atoms with van der Waals surface area (Å²) < 4.78 is 0. The lowest BCUT2D eigenvalue weighted by Crippen LogP contribution is -2.05. The van der Waals surface area contributed by atoms with Crippen molar-refractivity contribution in [3.63, 3.8) is 0 Å². The summed E-state index contributed by atoms with van der Waals surface area (Å²) in [5, 5.41) is 6.60. The van der Waals surface area contributed by atoms with E-state index < -0.39 is 0 Å². The molecule has 1 heterocycles. The molecule has 0 saturated heterocycles. The molecule has 0 spiro atoms. The lowest BCUT2D eigenvalue weighted by Gasteiger charge is -2.14. The third-order valence-corrected chi connectivity index (χ3v) is 3.04. The van der Waals surface area contributed by atoms with E-state index >= 15 is 0 Å². The number of nitrogens with zero attached hydrogens (tertiary/aromatic N) is 2. The summed E-state index contributed by atoms with van der Waals surface area (Å²) in [5.74, 6) is 2.03. The topological polar surface area (TPSA) is 49.8 Å². The van der Waals surface area contributed by atoms with Crippen molar-refractivity contribution < 1.29 is 0 Å². The molecular weight excluding hydrogens is 248 g/mol. The summed E-state index contributed by atoms with van der Waals surface area (Å²) in [4.78, 5) is 8.74. The van der Waals surface area contributed by atoms with Crippen LogP contribution in [0.25, 0.3) is 0 Å². The first kappa shape index (κ1) is 14.3. The Morgan fingerprint density at radius 3 is 2.60 bits per heavy atom. The number of aromatic nitrogens is 2. The number of benzene rings is 1. The lowest BCUT2D eigenvalue weighted by atomic mass is 10.0. The minimum atomic E-state index is 0.466. The second-order valence-electron chi connectivity index (χ2n) is 5.08. The Morgan fingerprint density at radius 2 is 1.85 bits per heavy atom. The summed E-state index contributed by atoms with van der Waals surface area (Å²) in [7, 11) is 0. The quantitative estimate of drug-likeness (QED) is 0.827. The van der Waals surface area contributed by atoms with Crippen molar-refractivity contribution in [3.05, 3.63) is 42.2 Å². The molecule has 0 aliphatic carbocycles. The van der Waals surface area contributed by atoms with Gasteiger partial charge in [0.1, 0.15) is 5.82 Å². The van der Waals surface area contributed by atoms with Gasteiger partial charge in [-0.1, -0.05) is 39.0 Å². The van der Waals surface area contributed by atoms with E-state index in [-0.39, 0.29) is 0 Å². The van der Waals surface area contributed by atoms with Gasteiger partial charge in [-0.2, -0.15) is 0 Å². The number of para-hydroxylation sites is 1. The van der Waals surface area contributed by atoms with Crippen LogP contribution in [0.5, 0.6) is 0 Å². The molecule has 0 amide bonds. The second kappa shape index (κ2) is 6.89. The van der Waals surface area contributed by atoms with Gasteiger partial charge in [0.25, 0.3) is 0 Å². The van der Waals surface area contributed by atoms with Gasteiger partial charge < -0.3 is 10.6 Å². The molecule has 0 atom stereocenters. The Balaban J connectivity index is 2.17. The van der Waals surface area contributed by atoms with Crippen molar-refractivity contribution in [2.75, 3.05) is 17.2 Å². The van der Waals surface area contributed by atoms with Crippen LogP contribution in [-0.4, -0.2) is 16.5 Å². The summed E-state index contributed by atoms with van der Waals surface area (Å²) in [6.45, 7) is 7.40. The predicted octanol–water partition coefficient (Wildman–Crippen LogP) is 4.17. The summed E-state index contributed by atoms with van der Waals surface area (Å²) in [6.07, 6.45) is 4.55. The zero-order valence-corrected chi connectivity index (χ0v) is 12.4. The molecule has 0 fully saturated rings. The normalized spacial score (nSPS) is 10.6. The maximum absolute atomic E-state index is 4.52. The molecule has 0 aliphatic rings. The third kappa shape index (κ3) is 3.70. The van der Waals surface area contributed by atoms with E-state index in [4.69, 9.17) is 0 Å². The average Bonchev–Trinajstić information content (AvgIpc) is 2.46. The molecule has 1 aromatic carbocycles. The van der Waals surface area contributed by atoms with Crippen LogP contribution in [0.1, 0.15) is 38.7 Å². The van der Waals surface area contributed by atoms with Gasteiger partial charge in [0.15, 0.2) is 5.82 Å². The predicted molar refractivity (Wildman–Crippen MR) is 84.6 cm³/mol. The molecule has 2 N–H and O–H groups in total. The molecular formula is C16H22N4. The van der Waals surface area contributed by atoms with Crippen LogP contribution in [0, 0.1) is 0 Å². The van der Waals surface area contributed by atoms with Crippen molar-refractivity contribution in [3.8, 4) is 0 Å². The van der Waals surface area contributed by atoms with Crippen LogP contribution < -0.4 is 10.6 Å². The monoisotopic (exact) mass is 270 g/mol. The van der Waals surface area contributed by atoms with Gasteiger partial charge >= 0.3 is 0 Å². The Labute approximate surface area is 120 Å². The molecule has 20 heavy (non-hydrogen) atoms. The third-order valence-electron chi connectivity index (χ3n) is 3.04. The number of nitrogens with one attached hydrogen (secondary N) is 2. The van der Waals surface area contributed by atoms with E-state index in [2.05, 4.69) is 59.6 Å². The molecule has 0 radical (unpaired) electrons. The van der Waals surface area contributed by atoms with E-state index in [1.54, 1.807) is 12.4 Å². The van der Waals surface area contributed by atoms with Crippen molar-refractivity contribution >= 4 is 17.3 Å². The van der Waals surface area contributed by atoms with Crippen LogP contribution in [0.2, 0.25) is 0 Å². The van der Waals surface area contributed by atoms with Gasteiger partial charge in [-0.3, -0.25) is 4.98 Å². The molecule has 0 bridgehead atoms. The number of hydrogen-bond donors (Lipinski definition) is 2. The van der Waals surface area contributed by atoms with Gasteiger partial charge in [-0.05, 0) is 24.0 Å². The molecule has 2 rings (SSSR count). The van der Waals surface area contributed by atoms with E-state index in [1.165, 1.54) is 5.56 Å². The number of anilines is 3. The standard InChI is InChI=1S/C16H22N4/c1-4-9-18-15-10-17-11-16(20-15)19-14-8-6-5-7-13(14)12(2)3/h5-8,10-12H,4,9H2,1-3H3,(H2,18,19,20). The highest BCUT2D eigenvalue weighted by Gasteiger charge is 2.07. The van der Waals surface area contributed by atoms with Gasteiger partial charge in [0.05, 0.1) is 12.4 Å². The second-order valence-corrected chi connectivity index (χ2v) is 5.08. The van der Waals surface area contributed by atoms with E-state index in [0.717, 1.165) is 30.3 Å². The van der Waals surface area contributed by atoms with Crippen LogP contribution in [0.3, 0.4) is 0 Å². The zero-order chi connectivity index (χ0) is 14.4. The molecule has 1 aromatic heterocycles. The minimum Gasteiger partial charge on any atom is -0.369 e. The fourth-order valence-corrected chi connectivity index (χ4v) is 2.02. The van der Waals surface area contributed by atoms with Crippen molar-refractivity contribution in [2.24, 2.45) is 0 Å². The SMILES string of the molecule is CCCNc1cncc(Nc2ccccc2C(C)C)n1. The summed E-state index contributed by atoms with van der Waals surface area (Å²) in [6, 6.07) is 8.30. The maximum Gasteiger partial charge on any atom is 0.151 e. The fraction of sp³-hybridized carbons (Fsp3) is 0.375. The van der Waals surface area contributed by atoms with Crippen molar-refractivity contribution in [1.29, 1.82) is 0 Å². The Bertz CT molecular complexity index is 552. The highest BCUT2D eigenvalue weighted by Crippen LogP contribution is 2.26. The van der Waals surface area contributed by atoms with Crippen LogP contribution in [-0.2, 0) is 0 Å². The summed E-state index contributed by atoms with van der Waals surface area (Å²) in [5.41, 5.74) is 2.37. The Kier molecular flexibility index (Phi) is 4.93. The molecule has 2 aromatic rings. The van der Waals surface area contributed by atoms with Gasteiger partial charge in [0.2, 0.25) is 0 Å². The minimum absolute atomic E-state index is 0.466. The van der Waals surface area contributed by atoms with Crippen molar-refractivity contribution in [1.82, 2.24) is 9.97 Å². The van der Waals surface area contributed by atoms with Gasteiger partial charge in [0, 0.05) is 12.2 Å². The number of hydrogen-bond acceptors (Lipinski definition) is 4. The van der Waals surface area contributed by atoms with E-state index in [1.807, 2.05) is 6.07 Å². The Morgan fingerprint density at radius 1 is 1.10 bits per heavy atom. The average molecular weight is 270 g/mol. The zero-order valence-electron chi connectivity index (χ0n) is 12.4. The van der Waals surface area contributed by atoms with Gasteiger partial charge in [-0.15, -0.1) is 0 Å². The summed E-state index contributed by atoms with van der Waals surface area (Å²) >= 11 is 0. The molecule has 0 aliphatic heterocycles. The smallest absolute Gasteiger partial charge is 0.151 e. The van der Waals surface area contributed by atoms with Crippen LogP contribution in [0.15, 0.2) is 36.7 Å². The largest absolute Gasteiger partial charge is 0.369 e. The van der Waals surface area contributed by atoms with E-state index in [9.17, 15) is 0 Å².